The number of ether oxygens (including phenoxy) is 1. The van der Waals surface area contributed by atoms with E-state index in [2.05, 4.69) is 16.8 Å². The zero-order valence-electron chi connectivity index (χ0n) is 14.2. The van der Waals surface area contributed by atoms with Crippen LogP contribution in [0.3, 0.4) is 0 Å². The van der Waals surface area contributed by atoms with E-state index >= 15 is 0 Å². The van der Waals surface area contributed by atoms with E-state index < -0.39 is 5.82 Å². The maximum absolute atomic E-state index is 13.1. The molecule has 1 aromatic heterocycles. The molecule has 3 rings (SSSR count). The van der Waals surface area contributed by atoms with Crippen LogP contribution in [0.15, 0.2) is 60.3 Å². The molecule has 0 aliphatic carbocycles. The topological polar surface area (TPSA) is 39.9 Å². The van der Waals surface area contributed by atoms with Crippen LogP contribution in [-0.2, 0) is 18.9 Å². The van der Waals surface area contributed by atoms with E-state index in [9.17, 15) is 8.78 Å². The molecule has 2 aromatic carbocycles. The predicted molar refractivity (Wildman–Crippen MR) is 102 cm³/mol. The fourth-order valence-electron chi connectivity index (χ4n) is 2.31. The molecule has 0 N–H and O–H groups in total. The van der Waals surface area contributed by atoms with Crippen LogP contribution in [0.1, 0.15) is 11.4 Å². The van der Waals surface area contributed by atoms with E-state index in [0.717, 1.165) is 5.56 Å². The molecule has 0 unspecified atom stereocenters. The number of thioether (sulfide) groups is 1. The second kappa shape index (κ2) is 9.01. The van der Waals surface area contributed by atoms with Crippen molar-refractivity contribution in [3.05, 3.63) is 83.2 Å². The van der Waals surface area contributed by atoms with Gasteiger partial charge in [-0.3, -0.25) is 4.57 Å². The van der Waals surface area contributed by atoms with Crippen LogP contribution >= 0.6 is 23.4 Å². The number of nitrogens with zero attached hydrogens (tertiary/aromatic N) is 3. The highest BCUT2D eigenvalue weighted by atomic mass is 35.5. The lowest BCUT2D eigenvalue weighted by molar-refractivity contribution is 0.289. The summed E-state index contributed by atoms with van der Waals surface area (Å²) in [6, 6.07) is 10.3. The molecular weight excluding hydrogens is 392 g/mol. The molecule has 0 amide bonds. The van der Waals surface area contributed by atoms with Gasteiger partial charge in [0.05, 0.1) is 5.02 Å². The van der Waals surface area contributed by atoms with Gasteiger partial charge in [0, 0.05) is 12.3 Å². The molecule has 8 heteroatoms. The van der Waals surface area contributed by atoms with Crippen molar-refractivity contribution in [2.24, 2.45) is 0 Å². The summed E-state index contributed by atoms with van der Waals surface area (Å²) < 4.78 is 33.6. The first-order valence-electron chi connectivity index (χ1n) is 8.05. The van der Waals surface area contributed by atoms with Crippen molar-refractivity contribution in [3.8, 4) is 5.75 Å². The van der Waals surface area contributed by atoms with Gasteiger partial charge >= 0.3 is 0 Å². The molecule has 4 nitrogen and oxygen atoms in total. The highest BCUT2D eigenvalue weighted by Crippen LogP contribution is 2.27. The summed E-state index contributed by atoms with van der Waals surface area (Å²) in [4.78, 5) is 0. The summed E-state index contributed by atoms with van der Waals surface area (Å²) in [7, 11) is 0. The molecule has 0 saturated carbocycles. The van der Waals surface area contributed by atoms with Crippen LogP contribution in [0.4, 0.5) is 8.78 Å². The van der Waals surface area contributed by atoms with Crippen molar-refractivity contribution in [2.45, 2.75) is 24.1 Å². The molecule has 0 spiro atoms. The quantitative estimate of drug-likeness (QED) is 0.377. The minimum atomic E-state index is -0.429. The maximum atomic E-state index is 13.1. The molecule has 0 aliphatic rings. The Balaban J connectivity index is 1.70. The molecule has 140 valence electrons. The second-order valence-electron chi connectivity index (χ2n) is 5.58. The summed E-state index contributed by atoms with van der Waals surface area (Å²) in [5, 5.41) is 9.25. The third kappa shape index (κ3) is 5.08. The van der Waals surface area contributed by atoms with Crippen molar-refractivity contribution >= 4 is 23.4 Å². The lowest BCUT2D eigenvalue weighted by Gasteiger charge is -2.10. The van der Waals surface area contributed by atoms with Gasteiger partial charge in [0.25, 0.3) is 0 Å². The number of benzene rings is 2. The number of hydrogen-bond donors (Lipinski definition) is 0. The Bertz CT molecular complexity index is 931. The Hall–Kier alpha value is -2.38. The Morgan fingerprint density at radius 3 is 2.56 bits per heavy atom. The maximum Gasteiger partial charge on any atom is 0.191 e. The molecule has 27 heavy (non-hydrogen) atoms. The van der Waals surface area contributed by atoms with Gasteiger partial charge in [0.2, 0.25) is 0 Å². The SMILES string of the molecule is C=CCn1c(COc2ccc(F)cc2Cl)nnc1SCc1ccc(F)cc1. The van der Waals surface area contributed by atoms with E-state index in [1.807, 2.05) is 4.57 Å². The van der Waals surface area contributed by atoms with Crippen LogP contribution in [-0.4, -0.2) is 14.8 Å². The fourth-order valence-corrected chi connectivity index (χ4v) is 3.45. The average molecular weight is 408 g/mol. The van der Waals surface area contributed by atoms with Gasteiger partial charge in [-0.15, -0.1) is 16.8 Å². The fraction of sp³-hybridized carbons (Fsp3) is 0.158. The largest absolute Gasteiger partial charge is 0.484 e. The lowest BCUT2D eigenvalue weighted by Crippen LogP contribution is -2.07. The van der Waals surface area contributed by atoms with Crippen LogP contribution in [0.2, 0.25) is 5.02 Å². The standard InChI is InChI=1S/C19H16ClF2N3OS/c1-2-9-25-18(11-26-17-8-7-15(22)10-16(17)20)23-24-19(25)27-12-13-3-5-14(21)6-4-13/h2-8,10H,1,9,11-12H2. The summed E-state index contributed by atoms with van der Waals surface area (Å²) >= 11 is 7.46. The number of aromatic nitrogens is 3. The van der Waals surface area contributed by atoms with E-state index in [4.69, 9.17) is 16.3 Å². The first-order chi connectivity index (χ1) is 13.1. The monoisotopic (exact) mass is 407 g/mol. The predicted octanol–water partition coefficient (Wildman–Crippen LogP) is 5.27. The third-order valence-electron chi connectivity index (χ3n) is 3.64. The molecular formula is C19H16ClF2N3OS. The summed E-state index contributed by atoms with van der Waals surface area (Å²) in [5.41, 5.74) is 0.977. The highest BCUT2D eigenvalue weighted by Gasteiger charge is 2.13. The van der Waals surface area contributed by atoms with Crippen molar-refractivity contribution in [3.63, 3.8) is 0 Å². The molecule has 0 saturated heterocycles. The normalized spacial score (nSPS) is 10.8. The van der Waals surface area contributed by atoms with Crippen LogP contribution in [0.5, 0.6) is 5.75 Å². The van der Waals surface area contributed by atoms with Gasteiger partial charge in [0.1, 0.15) is 24.0 Å². The Morgan fingerprint density at radius 1 is 1.11 bits per heavy atom. The zero-order chi connectivity index (χ0) is 19.2. The van der Waals surface area contributed by atoms with E-state index in [-0.39, 0.29) is 17.4 Å². The second-order valence-corrected chi connectivity index (χ2v) is 6.93. The Kier molecular flexibility index (Phi) is 6.47. The van der Waals surface area contributed by atoms with Crippen LogP contribution in [0, 0.1) is 11.6 Å². The van der Waals surface area contributed by atoms with Gasteiger partial charge < -0.3 is 4.74 Å². The van der Waals surface area contributed by atoms with E-state index in [0.29, 0.717) is 29.0 Å². The van der Waals surface area contributed by atoms with Gasteiger partial charge in [-0.25, -0.2) is 8.78 Å². The Morgan fingerprint density at radius 2 is 1.85 bits per heavy atom. The van der Waals surface area contributed by atoms with Crippen molar-refractivity contribution < 1.29 is 13.5 Å². The molecule has 3 aromatic rings. The van der Waals surface area contributed by atoms with Crippen molar-refractivity contribution in [2.75, 3.05) is 0 Å². The zero-order valence-corrected chi connectivity index (χ0v) is 15.8. The number of hydrogen-bond acceptors (Lipinski definition) is 4. The molecule has 0 radical (unpaired) electrons. The van der Waals surface area contributed by atoms with Gasteiger partial charge in [-0.2, -0.15) is 0 Å². The highest BCUT2D eigenvalue weighted by molar-refractivity contribution is 7.98. The smallest absolute Gasteiger partial charge is 0.191 e. The average Bonchev–Trinajstić information content (AvgIpc) is 3.03. The first kappa shape index (κ1) is 19.4. The summed E-state index contributed by atoms with van der Waals surface area (Å²) in [5.74, 6) is 0.892. The van der Waals surface area contributed by atoms with Gasteiger partial charge in [0.15, 0.2) is 11.0 Å². The van der Waals surface area contributed by atoms with Crippen LogP contribution < -0.4 is 4.74 Å². The molecule has 0 bridgehead atoms. The first-order valence-corrected chi connectivity index (χ1v) is 9.41. The van der Waals surface area contributed by atoms with Crippen LogP contribution in [0.25, 0.3) is 0 Å². The minimum Gasteiger partial charge on any atom is -0.484 e. The molecule has 0 atom stereocenters. The molecule has 1 heterocycles. The third-order valence-corrected chi connectivity index (χ3v) is 4.97. The van der Waals surface area contributed by atoms with Gasteiger partial charge in [-0.1, -0.05) is 41.6 Å². The van der Waals surface area contributed by atoms with Crippen molar-refractivity contribution in [1.29, 1.82) is 0 Å². The number of rotatable bonds is 8. The summed E-state index contributed by atoms with van der Waals surface area (Å²) in [6.07, 6.45) is 1.74. The van der Waals surface area contributed by atoms with E-state index in [1.165, 1.54) is 42.1 Å². The Labute approximate surface area is 164 Å². The summed E-state index contributed by atoms with van der Waals surface area (Å²) in [6.45, 7) is 4.39. The number of allylic oxidation sites excluding steroid dienone is 1. The van der Waals surface area contributed by atoms with Crippen molar-refractivity contribution in [1.82, 2.24) is 14.8 Å². The molecule has 0 aliphatic heterocycles. The minimum absolute atomic E-state index is 0.128. The van der Waals surface area contributed by atoms with Gasteiger partial charge in [-0.05, 0) is 35.9 Å². The number of halogens is 3. The van der Waals surface area contributed by atoms with E-state index in [1.54, 1.807) is 18.2 Å². The molecule has 0 fully saturated rings. The lowest BCUT2D eigenvalue weighted by atomic mass is 10.2.